The van der Waals surface area contributed by atoms with Crippen LogP contribution in [0.4, 0.5) is 11.4 Å². The normalized spacial score (nSPS) is 15.5. The molecule has 0 saturated carbocycles. The zero-order chi connectivity index (χ0) is 27.0. The highest BCUT2D eigenvalue weighted by Gasteiger charge is 2.32. The first kappa shape index (κ1) is 26.3. The number of hydrogen-bond donors (Lipinski definition) is 0. The van der Waals surface area contributed by atoms with Crippen LogP contribution in [0.25, 0.3) is 0 Å². The molecule has 0 spiro atoms. The number of aryl methyl sites for hydroxylation is 2. The van der Waals surface area contributed by atoms with Gasteiger partial charge >= 0.3 is 0 Å². The third-order valence-electron chi connectivity index (χ3n) is 7.04. The van der Waals surface area contributed by atoms with Gasteiger partial charge in [-0.3, -0.25) is 19.2 Å². The smallest absolute Gasteiger partial charge is 0.258 e. The number of nitrogens with zero attached hydrogens (tertiary/aromatic N) is 2. The van der Waals surface area contributed by atoms with E-state index < -0.39 is 0 Å². The zero-order valence-corrected chi connectivity index (χ0v) is 22.4. The quantitative estimate of drug-likeness (QED) is 0.450. The van der Waals surface area contributed by atoms with Crippen molar-refractivity contribution in [2.45, 2.75) is 72.6 Å². The molecule has 2 aliphatic rings. The molecule has 0 N–H and O–H groups in total. The summed E-state index contributed by atoms with van der Waals surface area (Å²) in [7, 11) is 0. The van der Waals surface area contributed by atoms with E-state index in [-0.39, 0.29) is 35.5 Å². The molecule has 4 amide bonds. The van der Waals surface area contributed by atoms with Crippen LogP contribution in [0.5, 0.6) is 0 Å². The summed E-state index contributed by atoms with van der Waals surface area (Å²) >= 11 is 0. The highest BCUT2D eigenvalue weighted by molar-refractivity contribution is 6.29. The maximum atomic E-state index is 12.6. The minimum Gasteiger partial charge on any atom is -0.269 e. The van der Waals surface area contributed by atoms with Crippen molar-refractivity contribution in [3.05, 3.63) is 82.0 Å². The van der Waals surface area contributed by atoms with Gasteiger partial charge in [0.15, 0.2) is 0 Å². The molecule has 2 heterocycles. The van der Waals surface area contributed by atoms with Crippen molar-refractivity contribution in [3.63, 3.8) is 0 Å². The highest BCUT2D eigenvalue weighted by atomic mass is 16.2. The van der Waals surface area contributed by atoms with Crippen LogP contribution in [0.3, 0.4) is 0 Å². The molecule has 6 heteroatoms. The van der Waals surface area contributed by atoms with Gasteiger partial charge in [0.25, 0.3) is 23.6 Å². The fraction of sp³-hybridized carbons (Fsp3) is 0.355. The van der Waals surface area contributed by atoms with Crippen molar-refractivity contribution in [2.24, 2.45) is 0 Å². The van der Waals surface area contributed by atoms with Crippen molar-refractivity contribution in [1.82, 2.24) is 0 Å². The molecule has 0 aromatic heterocycles. The summed E-state index contributed by atoms with van der Waals surface area (Å²) in [5.41, 5.74) is 7.45. The van der Waals surface area contributed by atoms with Gasteiger partial charge in [-0.2, -0.15) is 0 Å². The molecular formula is C31H34N2O4. The second-order valence-electron chi connectivity index (χ2n) is 10.3. The van der Waals surface area contributed by atoms with Crippen LogP contribution in [0.1, 0.15) is 86.8 Å². The topological polar surface area (TPSA) is 74.8 Å². The lowest BCUT2D eigenvalue weighted by Gasteiger charge is -2.27. The van der Waals surface area contributed by atoms with E-state index in [1.54, 1.807) is 0 Å². The fourth-order valence-electron chi connectivity index (χ4n) is 5.22. The second kappa shape index (κ2) is 10.3. The predicted octanol–water partition coefficient (Wildman–Crippen LogP) is 5.51. The number of imide groups is 2. The third kappa shape index (κ3) is 4.80. The number of hydrogen-bond acceptors (Lipinski definition) is 4. The van der Waals surface area contributed by atoms with Gasteiger partial charge in [0.2, 0.25) is 0 Å². The second-order valence-corrected chi connectivity index (χ2v) is 10.3. The molecule has 0 aliphatic carbocycles. The first-order chi connectivity index (χ1) is 17.6. The summed E-state index contributed by atoms with van der Waals surface area (Å²) < 4.78 is 0. The number of benzene rings is 2. The van der Waals surface area contributed by atoms with Gasteiger partial charge in [-0.05, 0) is 64.5 Å². The summed E-state index contributed by atoms with van der Waals surface area (Å²) in [5, 5.41) is 0. The molecule has 0 unspecified atom stereocenters. The summed E-state index contributed by atoms with van der Waals surface area (Å²) in [4.78, 5) is 52.7. The van der Waals surface area contributed by atoms with Crippen LogP contribution in [-0.4, -0.2) is 23.6 Å². The monoisotopic (exact) mass is 498 g/mol. The van der Waals surface area contributed by atoms with Gasteiger partial charge in [0, 0.05) is 24.3 Å². The van der Waals surface area contributed by atoms with Crippen molar-refractivity contribution >= 4 is 35.0 Å². The van der Waals surface area contributed by atoms with E-state index in [9.17, 15) is 19.2 Å². The molecule has 2 aromatic rings. The predicted molar refractivity (Wildman–Crippen MR) is 146 cm³/mol. The molecule has 4 rings (SSSR count). The molecule has 2 aliphatic heterocycles. The van der Waals surface area contributed by atoms with Crippen LogP contribution in [0.2, 0.25) is 0 Å². The lowest BCUT2D eigenvalue weighted by atomic mass is 9.87. The maximum absolute atomic E-state index is 12.6. The highest BCUT2D eigenvalue weighted by Crippen LogP contribution is 2.39. The number of rotatable bonds is 8. The van der Waals surface area contributed by atoms with E-state index >= 15 is 0 Å². The van der Waals surface area contributed by atoms with Gasteiger partial charge in [-0.1, -0.05) is 65.8 Å². The minimum absolute atomic E-state index is 0.105. The Morgan fingerprint density at radius 3 is 1.27 bits per heavy atom. The molecule has 2 aromatic carbocycles. The van der Waals surface area contributed by atoms with Gasteiger partial charge in [-0.15, -0.1) is 0 Å². The van der Waals surface area contributed by atoms with Gasteiger partial charge in [0.1, 0.15) is 0 Å². The molecule has 192 valence electrons. The SMILES string of the molecule is CCc1cc(Cc2cc(C(C)C)c(N3C(=O)C=CC3=O)c(C(C)C)c2)cc(CC)c1N1C(=O)C=CC1=O. The summed E-state index contributed by atoms with van der Waals surface area (Å²) in [6.45, 7) is 12.3. The van der Waals surface area contributed by atoms with E-state index in [0.29, 0.717) is 30.6 Å². The van der Waals surface area contributed by atoms with E-state index in [0.717, 1.165) is 33.4 Å². The van der Waals surface area contributed by atoms with Crippen LogP contribution in [0.15, 0.2) is 48.6 Å². The Labute approximate surface area is 218 Å². The van der Waals surface area contributed by atoms with Crippen molar-refractivity contribution < 1.29 is 19.2 Å². The van der Waals surface area contributed by atoms with Crippen LogP contribution < -0.4 is 9.80 Å². The Hall–Kier alpha value is -3.80. The lowest BCUT2D eigenvalue weighted by molar-refractivity contribution is -0.121. The van der Waals surface area contributed by atoms with Crippen molar-refractivity contribution in [3.8, 4) is 0 Å². The summed E-state index contributed by atoms with van der Waals surface area (Å²) in [5.74, 6) is -1.01. The van der Waals surface area contributed by atoms with Gasteiger partial charge < -0.3 is 0 Å². The molecule has 0 fully saturated rings. The average molecular weight is 499 g/mol. The fourth-order valence-corrected chi connectivity index (χ4v) is 5.22. The molecular weight excluding hydrogens is 464 g/mol. The third-order valence-corrected chi connectivity index (χ3v) is 7.04. The van der Waals surface area contributed by atoms with Crippen LogP contribution in [0, 0.1) is 0 Å². The number of carbonyl (C=O) groups is 4. The van der Waals surface area contributed by atoms with Crippen molar-refractivity contribution in [1.29, 1.82) is 0 Å². The molecule has 0 saturated heterocycles. The van der Waals surface area contributed by atoms with Crippen LogP contribution >= 0.6 is 0 Å². The largest absolute Gasteiger partial charge is 0.269 e. The first-order valence-electron chi connectivity index (χ1n) is 13.0. The lowest BCUT2D eigenvalue weighted by Crippen LogP contribution is -2.32. The molecule has 6 nitrogen and oxygen atoms in total. The van der Waals surface area contributed by atoms with E-state index in [1.165, 1.54) is 34.1 Å². The Bertz CT molecular complexity index is 1270. The minimum atomic E-state index is -0.308. The molecule has 0 radical (unpaired) electrons. The number of amides is 4. The Morgan fingerprint density at radius 2 is 0.919 bits per heavy atom. The summed E-state index contributed by atoms with van der Waals surface area (Å²) in [6.07, 6.45) is 7.33. The van der Waals surface area contributed by atoms with Gasteiger partial charge in [0.05, 0.1) is 11.4 Å². The first-order valence-corrected chi connectivity index (χ1v) is 13.0. The van der Waals surface area contributed by atoms with E-state index in [1.807, 2.05) is 13.8 Å². The van der Waals surface area contributed by atoms with E-state index in [4.69, 9.17) is 0 Å². The van der Waals surface area contributed by atoms with Crippen LogP contribution in [-0.2, 0) is 38.4 Å². The average Bonchev–Trinajstić information content (AvgIpc) is 3.37. The number of carbonyl (C=O) groups excluding carboxylic acids is 4. The summed E-state index contributed by atoms with van der Waals surface area (Å²) in [6, 6.07) is 8.38. The van der Waals surface area contributed by atoms with Gasteiger partial charge in [-0.25, -0.2) is 9.80 Å². The van der Waals surface area contributed by atoms with Crippen molar-refractivity contribution in [2.75, 3.05) is 9.80 Å². The Kier molecular flexibility index (Phi) is 7.30. The molecule has 0 bridgehead atoms. The Balaban J connectivity index is 1.81. The standard InChI is InChI=1S/C31H34N2O4/c1-7-22-14-20(15-23(8-2)30(22)32-26(34)9-10-27(32)35)13-21-16-24(18(3)4)31(25(17-21)19(5)6)33-28(36)11-12-29(33)37/h9-12,14-19H,7-8,13H2,1-6H3. The molecule has 0 atom stereocenters. The maximum Gasteiger partial charge on any atom is 0.258 e. The number of anilines is 2. The van der Waals surface area contributed by atoms with E-state index in [2.05, 4.69) is 52.0 Å². The zero-order valence-electron chi connectivity index (χ0n) is 22.4. The Morgan fingerprint density at radius 1 is 0.568 bits per heavy atom. The molecule has 37 heavy (non-hydrogen) atoms.